The number of carbonyl (C=O) groups excluding carboxylic acids is 1. The molecule has 1 fully saturated rings. The Hall–Kier alpha value is -1.30. The van der Waals surface area contributed by atoms with Crippen molar-refractivity contribution in [3.05, 3.63) is 0 Å². The van der Waals surface area contributed by atoms with Gasteiger partial charge >= 0.3 is 12.0 Å². The summed E-state index contributed by atoms with van der Waals surface area (Å²) in [6, 6.07) is -0.311. The number of rotatable bonds is 3. The number of nitrogens with one attached hydrogen (secondary N) is 1. The molecular formula is C9H16N2O4. The number of hydrogen-bond acceptors (Lipinski definition) is 3. The molecule has 0 radical (unpaired) electrons. The lowest BCUT2D eigenvalue weighted by Crippen LogP contribution is -2.49. The van der Waals surface area contributed by atoms with E-state index in [2.05, 4.69) is 5.32 Å². The molecule has 86 valence electrons. The predicted molar refractivity (Wildman–Crippen MR) is 52.5 cm³/mol. The van der Waals surface area contributed by atoms with Gasteiger partial charge in [0.25, 0.3) is 0 Å². The highest BCUT2D eigenvalue weighted by Gasteiger charge is 2.31. The van der Waals surface area contributed by atoms with Gasteiger partial charge in [-0.05, 0) is 19.8 Å². The summed E-state index contributed by atoms with van der Waals surface area (Å²) in [4.78, 5) is 23.6. The first-order valence-electron chi connectivity index (χ1n) is 4.92. The summed E-state index contributed by atoms with van der Waals surface area (Å²) >= 11 is 0. The van der Waals surface area contributed by atoms with Gasteiger partial charge in [0.05, 0.1) is 6.54 Å². The summed E-state index contributed by atoms with van der Waals surface area (Å²) in [5.41, 5.74) is -1.91. The van der Waals surface area contributed by atoms with E-state index in [1.54, 1.807) is 4.90 Å². The average Bonchev–Trinajstić information content (AvgIpc) is 2.66. The van der Waals surface area contributed by atoms with Crippen molar-refractivity contribution in [2.45, 2.75) is 25.4 Å². The standard InChI is InChI=1S/C9H16N2O4/c1-9(15,7(12)13)6-10-8(14)11-4-2-3-5-11/h15H,2-6H2,1H3,(H,10,14)(H,12,13). The zero-order valence-electron chi connectivity index (χ0n) is 8.69. The molecule has 0 spiro atoms. The van der Waals surface area contributed by atoms with Crippen LogP contribution in [0, 0.1) is 0 Å². The minimum atomic E-state index is -1.91. The molecule has 6 heteroatoms. The number of carboxylic acids is 1. The SMILES string of the molecule is CC(O)(CNC(=O)N1CCCC1)C(=O)O. The third-order valence-corrected chi connectivity index (χ3v) is 2.44. The Kier molecular flexibility index (Phi) is 3.52. The summed E-state index contributed by atoms with van der Waals surface area (Å²) < 4.78 is 0. The van der Waals surface area contributed by atoms with Crippen LogP contribution in [0.5, 0.6) is 0 Å². The van der Waals surface area contributed by atoms with Crippen molar-refractivity contribution in [3.63, 3.8) is 0 Å². The first kappa shape index (κ1) is 11.8. The molecule has 1 unspecified atom stereocenters. The number of aliphatic carboxylic acids is 1. The van der Waals surface area contributed by atoms with Crippen molar-refractivity contribution in [2.75, 3.05) is 19.6 Å². The van der Waals surface area contributed by atoms with Gasteiger partial charge in [-0.3, -0.25) is 0 Å². The molecule has 3 N–H and O–H groups in total. The van der Waals surface area contributed by atoms with Crippen molar-refractivity contribution >= 4 is 12.0 Å². The molecule has 15 heavy (non-hydrogen) atoms. The summed E-state index contributed by atoms with van der Waals surface area (Å²) in [6.45, 7) is 2.26. The highest BCUT2D eigenvalue weighted by atomic mass is 16.4. The van der Waals surface area contributed by atoms with Gasteiger partial charge in [-0.15, -0.1) is 0 Å². The van der Waals surface area contributed by atoms with Crippen LogP contribution in [-0.2, 0) is 4.79 Å². The Morgan fingerprint density at radius 1 is 1.40 bits per heavy atom. The maximum absolute atomic E-state index is 11.4. The highest BCUT2D eigenvalue weighted by molar-refractivity contribution is 5.79. The number of likely N-dealkylation sites (tertiary alicyclic amines) is 1. The fourth-order valence-corrected chi connectivity index (χ4v) is 1.36. The molecule has 0 bridgehead atoms. The molecule has 1 rings (SSSR count). The number of aliphatic hydroxyl groups is 1. The van der Waals surface area contributed by atoms with Gasteiger partial charge < -0.3 is 20.4 Å². The van der Waals surface area contributed by atoms with Crippen molar-refractivity contribution in [2.24, 2.45) is 0 Å². The number of carboxylic acid groups (broad SMARTS) is 1. The van der Waals surface area contributed by atoms with Gasteiger partial charge in [-0.1, -0.05) is 0 Å². The number of amides is 2. The third kappa shape index (κ3) is 3.09. The molecule has 0 aliphatic carbocycles. The van der Waals surface area contributed by atoms with E-state index in [0.717, 1.165) is 19.8 Å². The van der Waals surface area contributed by atoms with E-state index < -0.39 is 11.6 Å². The van der Waals surface area contributed by atoms with Gasteiger partial charge in [-0.25, -0.2) is 9.59 Å². The van der Waals surface area contributed by atoms with Crippen LogP contribution in [0.3, 0.4) is 0 Å². The Balaban J connectivity index is 2.36. The van der Waals surface area contributed by atoms with Crippen LogP contribution >= 0.6 is 0 Å². The van der Waals surface area contributed by atoms with Gasteiger partial charge in [0.2, 0.25) is 0 Å². The lowest BCUT2D eigenvalue weighted by atomic mass is 10.1. The summed E-state index contributed by atoms with van der Waals surface area (Å²) in [5.74, 6) is -1.34. The largest absolute Gasteiger partial charge is 0.479 e. The number of hydrogen-bond donors (Lipinski definition) is 3. The van der Waals surface area contributed by atoms with Crippen LogP contribution in [0.15, 0.2) is 0 Å². The first-order valence-corrected chi connectivity index (χ1v) is 4.92. The quantitative estimate of drug-likeness (QED) is 0.600. The van der Waals surface area contributed by atoms with Crippen molar-refractivity contribution in [3.8, 4) is 0 Å². The molecule has 0 aromatic rings. The van der Waals surface area contributed by atoms with Gasteiger partial charge in [0.1, 0.15) is 0 Å². The van der Waals surface area contributed by atoms with Crippen LogP contribution in [0.4, 0.5) is 4.79 Å². The molecule has 1 heterocycles. The number of nitrogens with zero attached hydrogens (tertiary/aromatic N) is 1. The Bertz CT molecular complexity index is 259. The van der Waals surface area contributed by atoms with Crippen LogP contribution in [-0.4, -0.2) is 52.3 Å². The third-order valence-electron chi connectivity index (χ3n) is 2.44. The Morgan fingerprint density at radius 3 is 2.40 bits per heavy atom. The second kappa shape index (κ2) is 4.48. The minimum absolute atomic E-state index is 0.280. The van der Waals surface area contributed by atoms with Crippen LogP contribution in [0.1, 0.15) is 19.8 Å². The van der Waals surface area contributed by atoms with E-state index in [4.69, 9.17) is 5.11 Å². The maximum Gasteiger partial charge on any atom is 0.337 e. The Morgan fingerprint density at radius 2 is 1.93 bits per heavy atom. The predicted octanol–water partition coefficient (Wildman–Crippen LogP) is -0.373. The molecule has 1 aliphatic heterocycles. The van der Waals surface area contributed by atoms with Crippen molar-refractivity contribution < 1.29 is 19.8 Å². The summed E-state index contributed by atoms with van der Waals surface area (Å²) in [6.07, 6.45) is 1.95. The topological polar surface area (TPSA) is 89.9 Å². The lowest BCUT2D eigenvalue weighted by molar-refractivity contribution is -0.155. The van der Waals surface area contributed by atoms with E-state index in [-0.39, 0.29) is 12.6 Å². The number of carbonyl (C=O) groups is 2. The summed E-state index contributed by atoms with van der Waals surface area (Å²) in [5, 5.41) is 20.4. The van der Waals surface area contributed by atoms with Crippen LogP contribution < -0.4 is 5.32 Å². The normalized spacial score (nSPS) is 19.7. The molecule has 2 amide bonds. The fourth-order valence-electron chi connectivity index (χ4n) is 1.36. The molecule has 6 nitrogen and oxygen atoms in total. The monoisotopic (exact) mass is 216 g/mol. The van der Waals surface area contributed by atoms with E-state index in [1.807, 2.05) is 0 Å². The molecule has 1 aliphatic rings. The van der Waals surface area contributed by atoms with Crippen molar-refractivity contribution in [1.82, 2.24) is 10.2 Å². The zero-order chi connectivity index (χ0) is 11.5. The molecule has 0 aromatic carbocycles. The number of urea groups is 1. The second-order valence-electron chi connectivity index (χ2n) is 3.93. The smallest absolute Gasteiger partial charge is 0.337 e. The van der Waals surface area contributed by atoms with Crippen LogP contribution in [0.2, 0.25) is 0 Å². The van der Waals surface area contributed by atoms with Gasteiger partial charge in [0, 0.05) is 13.1 Å². The highest BCUT2D eigenvalue weighted by Crippen LogP contribution is 2.07. The molecule has 1 saturated heterocycles. The average molecular weight is 216 g/mol. The fraction of sp³-hybridized carbons (Fsp3) is 0.778. The van der Waals surface area contributed by atoms with E-state index in [0.29, 0.717) is 13.1 Å². The van der Waals surface area contributed by atoms with Gasteiger partial charge in [-0.2, -0.15) is 0 Å². The second-order valence-corrected chi connectivity index (χ2v) is 3.93. The molecule has 0 aromatic heterocycles. The van der Waals surface area contributed by atoms with E-state index >= 15 is 0 Å². The first-order chi connectivity index (χ1) is 6.93. The molecule has 1 atom stereocenters. The summed E-state index contributed by atoms with van der Waals surface area (Å²) in [7, 11) is 0. The van der Waals surface area contributed by atoms with Gasteiger partial charge in [0.15, 0.2) is 5.60 Å². The van der Waals surface area contributed by atoms with E-state index in [9.17, 15) is 14.7 Å². The van der Waals surface area contributed by atoms with Crippen LogP contribution in [0.25, 0.3) is 0 Å². The minimum Gasteiger partial charge on any atom is -0.479 e. The Labute approximate surface area is 87.9 Å². The van der Waals surface area contributed by atoms with Crippen molar-refractivity contribution in [1.29, 1.82) is 0 Å². The molecule has 0 saturated carbocycles. The zero-order valence-corrected chi connectivity index (χ0v) is 8.69. The maximum atomic E-state index is 11.4. The lowest BCUT2D eigenvalue weighted by Gasteiger charge is -2.21. The molecular weight excluding hydrogens is 200 g/mol. The van der Waals surface area contributed by atoms with E-state index in [1.165, 1.54) is 0 Å².